The number of carboxylic acids is 1. The van der Waals surface area contributed by atoms with E-state index >= 15 is 0 Å². The van der Waals surface area contributed by atoms with E-state index in [1.165, 1.54) is 12.1 Å². The number of carbonyl (C=O) groups excluding carboxylic acids is 2. The first kappa shape index (κ1) is 19.7. The summed E-state index contributed by atoms with van der Waals surface area (Å²) < 4.78 is 27.1. The van der Waals surface area contributed by atoms with Gasteiger partial charge in [-0.05, 0) is 48.7 Å². The normalized spacial score (nSPS) is 14.7. The van der Waals surface area contributed by atoms with Gasteiger partial charge in [-0.25, -0.2) is 13.6 Å². The Kier molecular flexibility index (Phi) is 5.82. The molecule has 5 nitrogen and oxygen atoms in total. The van der Waals surface area contributed by atoms with Crippen molar-refractivity contribution in [1.82, 2.24) is 4.90 Å². The monoisotopic (exact) mass is 387 g/mol. The van der Waals surface area contributed by atoms with E-state index in [0.717, 1.165) is 18.2 Å². The number of ketones is 1. The lowest BCUT2D eigenvalue weighted by atomic mass is 9.88. The Balaban J connectivity index is 1.59. The Labute approximate surface area is 160 Å². The predicted octanol–water partition coefficient (Wildman–Crippen LogP) is 3.33. The second kappa shape index (κ2) is 8.29. The molecule has 1 N–H and O–H groups in total. The first-order valence-electron chi connectivity index (χ1n) is 8.94. The Morgan fingerprint density at radius 2 is 1.75 bits per heavy atom. The molecule has 0 atom stereocenters. The Bertz CT molecular complexity index is 920. The Hall–Kier alpha value is -3.09. The van der Waals surface area contributed by atoms with Gasteiger partial charge in [-0.3, -0.25) is 9.59 Å². The fraction of sp³-hybridized carbons (Fsp3) is 0.286. The molecule has 1 amide bonds. The first-order valence-corrected chi connectivity index (χ1v) is 8.94. The van der Waals surface area contributed by atoms with Gasteiger partial charge in [0.25, 0.3) is 0 Å². The predicted molar refractivity (Wildman–Crippen MR) is 97.1 cm³/mol. The number of piperidine rings is 1. The van der Waals surface area contributed by atoms with Crippen LogP contribution in [0, 0.1) is 17.6 Å². The van der Waals surface area contributed by atoms with Crippen molar-refractivity contribution in [2.24, 2.45) is 5.92 Å². The maximum atomic E-state index is 13.8. The van der Waals surface area contributed by atoms with Gasteiger partial charge < -0.3 is 10.0 Å². The van der Waals surface area contributed by atoms with Crippen LogP contribution < -0.4 is 0 Å². The molecule has 0 spiro atoms. The number of aromatic carboxylic acids is 1. The largest absolute Gasteiger partial charge is 0.478 e. The van der Waals surface area contributed by atoms with Gasteiger partial charge in [0, 0.05) is 19.0 Å². The maximum absolute atomic E-state index is 13.8. The lowest BCUT2D eigenvalue weighted by Gasteiger charge is -2.31. The number of rotatable bonds is 5. The van der Waals surface area contributed by atoms with Crippen LogP contribution in [0.3, 0.4) is 0 Å². The first-order chi connectivity index (χ1) is 13.3. The van der Waals surface area contributed by atoms with Crippen LogP contribution in [0.1, 0.15) is 39.1 Å². The third-order valence-corrected chi connectivity index (χ3v) is 4.94. The minimum absolute atomic E-state index is 0.0677. The highest BCUT2D eigenvalue weighted by atomic mass is 19.1. The SMILES string of the molecule is O=C(O)c1cccc(CC(=O)N2CCC(C(=O)c3cc(F)ccc3F)CC2)c1. The molecule has 0 aromatic heterocycles. The standard InChI is InChI=1S/C21H19F2NO4/c22-16-4-5-18(23)17(12-16)20(26)14-6-8-24(9-7-14)19(25)11-13-2-1-3-15(10-13)21(27)28/h1-5,10,12,14H,6-9,11H2,(H,27,28). The summed E-state index contributed by atoms with van der Waals surface area (Å²) in [6.07, 6.45) is 0.809. The molecule has 0 aliphatic carbocycles. The van der Waals surface area contributed by atoms with E-state index in [0.29, 0.717) is 31.5 Å². The molecule has 0 unspecified atom stereocenters. The fourth-order valence-corrected chi connectivity index (χ4v) is 3.40. The van der Waals surface area contributed by atoms with Crippen molar-refractivity contribution in [2.75, 3.05) is 13.1 Å². The smallest absolute Gasteiger partial charge is 0.335 e. The fourth-order valence-electron chi connectivity index (χ4n) is 3.40. The molecule has 0 bridgehead atoms. The van der Waals surface area contributed by atoms with E-state index in [4.69, 9.17) is 5.11 Å². The summed E-state index contributed by atoms with van der Waals surface area (Å²) in [5, 5.41) is 9.03. The molecule has 1 fully saturated rings. The lowest BCUT2D eigenvalue weighted by molar-refractivity contribution is -0.131. The number of Topliss-reactive ketones (excluding diaryl/α,β-unsaturated/α-hetero) is 1. The maximum Gasteiger partial charge on any atom is 0.335 e. The molecule has 28 heavy (non-hydrogen) atoms. The highest BCUT2D eigenvalue weighted by Crippen LogP contribution is 2.24. The zero-order valence-electron chi connectivity index (χ0n) is 15.0. The molecule has 1 saturated heterocycles. The number of nitrogens with zero attached hydrogens (tertiary/aromatic N) is 1. The molecule has 0 radical (unpaired) electrons. The molecule has 1 aliphatic heterocycles. The summed E-state index contributed by atoms with van der Waals surface area (Å²) >= 11 is 0. The third kappa shape index (κ3) is 4.42. The molecule has 2 aromatic rings. The molecule has 7 heteroatoms. The average molecular weight is 387 g/mol. The van der Waals surface area contributed by atoms with Crippen molar-refractivity contribution in [2.45, 2.75) is 19.3 Å². The number of carbonyl (C=O) groups is 3. The number of hydrogen-bond acceptors (Lipinski definition) is 3. The second-order valence-corrected chi connectivity index (χ2v) is 6.83. The number of amides is 1. The van der Waals surface area contributed by atoms with Crippen LogP contribution in [0.25, 0.3) is 0 Å². The van der Waals surface area contributed by atoms with Crippen LogP contribution in [-0.2, 0) is 11.2 Å². The van der Waals surface area contributed by atoms with E-state index in [9.17, 15) is 23.2 Å². The molecular formula is C21H19F2NO4. The van der Waals surface area contributed by atoms with Crippen molar-refractivity contribution in [3.05, 3.63) is 70.8 Å². The van der Waals surface area contributed by atoms with Gasteiger partial charge in [0.1, 0.15) is 11.6 Å². The zero-order chi connectivity index (χ0) is 20.3. The van der Waals surface area contributed by atoms with Crippen LogP contribution in [-0.4, -0.2) is 40.8 Å². The number of benzene rings is 2. The minimum atomic E-state index is -1.06. The number of hydrogen-bond donors (Lipinski definition) is 1. The van der Waals surface area contributed by atoms with Gasteiger partial charge in [0.15, 0.2) is 5.78 Å². The van der Waals surface area contributed by atoms with Gasteiger partial charge in [-0.1, -0.05) is 12.1 Å². The van der Waals surface area contributed by atoms with Crippen LogP contribution in [0.15, 0.2) is 42.5 Å². The summed E-state index contributed by atoms with van der Waals surface area (Å²) in [4.78, 5) is 37.6. The number of likely N-dealkylation sites (tertiary alicyclic amines) is 1. The van der Waals surface area contributed by atoms with Gasteiger partial charge in [-0.2, -0.15) is 0 Å². The Morgan fingerprint density at radius 3 is 2.43 bits per heavy atom. The summed E-state index contributed by atoms with van der Waals surface area (Å²) in [6, 6.07) is 9.00. The van der Waals surface area contributed by atoms with E-state index < -0.39 is 29.3 Å². The number of halogens is 2. The highest BCUT2D eigenvalue weighted by molar-refractivity contribution is 5.98. The Morgan fingerprint density at radius 1 is 1.04 bits per heavy atom. The van der Waals surface area contributed by atoms with Crippen molar-refractivity contribution in [3.63, 3.8) is 0 Å². The molecule has 1 heterocycles. The molecule has 3 rings (SSSR count). The lowest BCUT2D eigenvalue weighted by Crippen LogP contribution is -2.41. The molecular weight excluding hydrogens is 368 g/mol. The minimum Gasteiger partial charge on any atom is -0.478 e. The zero-order valence-corrected chi connectivity index (χ0v) is 15.0. The summed E-state index contributed by atoms with van der Waals surface area (Å²) in [5.41, 5.74) is 0.465. The summed E-state index contributed by atoms with van der Waals surface area (Å²) in [6.45, 7) is 0.676. The van der Waals surface area contributed by atoms with E-state index in [2.05, 4.69) is 0 Å². The van der Waals surface area contributed by atoms with Crippen LogP contribution in [0.2, 0.25) is 0 Å². The quantitative estimate of drug-likeness (QED) is 0.799. The average Bonchev–Trinajstić information content (AvgIpc) is 2.69. The topological polar surface area (TPSA) is 74.7 Å². The van der Waals surface area contributed by atoms with Gasteiger partial charge in [0.2, 0.25) is 5.91 Å². The van der Waals surface area contributed by atoms with Crippen LogP contribution in [0.5, 0.6) is 0 Å². The summed E-state index contributed by atoms with van der Waals surface area (Å²) in [5.74, 6) is -3.54. The van der Waals surface area contributed by atoms with Crippen LogP contribution >= 0.6 is 0 Å². The van der Waals surface area contributed by atoms with E-state index in [1.54, 1.807) is 17.0 Å². The van der Waals surface area contributed by atoms with Crippen LogP contribution in [0.4, 0.5) is 8.78 Å². The highest BCUT2D eigenvalue weighted by Gasteiger charge is 2.29. The molecule has 0 saturated carbocycles. The van der Waals surface area contributed by atoms with Crippen molar-refractivity contribution in [3.8, 4) is 0 Å². The molecule has 1 aliphatic rings. The molecule has 2 aromatic carbocycles. The number of carboxylic acid groups (broad SMARTS) is 1. The van der Waals surface area contributed by atoms with E-state index in [1.807, 2.05) is 0 Å². The van der Waals surface area contributed by atoms with Crippen molar-refractivity contribution in [1.29, 1.82) is 0 Å². The second-order valence-electron chi connectivity index (χ2n) is 6.83. The van der Waals surface area contributed by atoms with Gasteiger partial charge in [0.05, 0.1) is 17.5 Å². The molecule has 146 valence electrons. The van der Waals surface area contributed by atoms with Gasteiger partial charge in [-0.15, -0.1) is 0 Å². The van der Waals surface area contributed by atoms with E-state index in [-0.39, 0.29) is 23.5 Å². The summed E-state index contributed by atoms with van der Waals surface area (Å²) in [7, 11) is 0. The third-order valence-electron chi connectivity index (χ3n) is 4.94. The van der Waals surface area contributed by atoms with Crippen molar-refractivity contribution < 1.29 is 28.3 Å². The van der Waals surface area contributed by atoms with Gasteiger partial charge >= 0.3 is 5.97 Å². The van der Waals surface area contributed by atoms with Crippen molar-refractivity contribution >= 4 is 17.7 Å².